The van der Waals surface area contributed by atoms with E-state index in [0.29, 0.717) is 24.0 Å². The van der Waals surface area contributed by atoms with Crippen LogP contribution < -0.4 is 21.7 Å². The van der Waals surface area contributed by atoms with Crippen LogP contribution in [0, 0.1) is 0 Å². The molecule has 0 aliphatic carbocycles. The second-order valence-electron chi connectivity index (χ2n) is 11.4. The number of rotatable bonds is 14. The van der Waals surface area contributed by atoms with Crippen molar-refractivity contribution in [2.75, 3.05) is 13.2 Å². The van der Waals surface area contributed by atoms with Crippen LogP contribution >= 0.6 is 0 Å². The summed E-state index contributed by atoms with van der Waals surface area (Å²) < 4.78 is 5.18. The van der Waals surface area contributed by atoms with E-state index in [0.717, 1.165) is 0 Å². The summed E-state index contributed by atoms with van der Waals surface area (Å²) in [7, 11) is 0. The minimum Gasteiger partial charge on any atom is -0.445 e. The zero-order valence-electron chi connectivity index (χ0n) is 24.9. The maximum atomic E-state index is 13.6. The SMILES string of the molecule is CC(C)(CO)NC(=O)[C@@H]1CCCN1C(=O)[C@@H](O)[C@H](Cc1ccccc1)NC(=O)[C@H](CC(N)=O)NC(=O)OCc1ccccc1. The highest BCUT2D eigenvalue weighted by Crippen LogP contribution is 2.21. The van der Waals surface area contributed by atoms with E-state index in [1.165, 1.54) is 4.90 Å². The van der Waals surface area contributed by atoms with Gasteiger partial charge in [-0.2, -0.15) is 0 Å². The van der Waals surface area contributed by atoms with Crippen LogP contribution in [0.25, 0.3) is 0 Å². The molecule has 2 aromatic carbocycles. The molecule has 1 heterocycles. The van der Waals surface area contributed by atoms with Gasteiger partial charge in [0.05, 0.1) is 24.6 Å². The molecule has 238 valence electrons. The van der Waals surface area contributed by atoms with Crippen LogP contribution in [0.4, 0.5) is 4.79 Å². The van der Waals surface area contributed by atoms with Crippen molar-refractivity contribution in [3.8, 4) is 0 Å². The normalized spacial score (nSPS) is 16.7. The van der Waals surface area contributed by atoms with Gasteiger partial charge in [-0.3, -0.25) is 19.2 Å². The van der Waals surface area contributed by atoms with Crippen LogP contribution in [0.3, 0.4) is 0 Å². The maximum Gasteiger partial charge on any atom is 0.408 e. The first-order valence-electron chi connectivity index (χ1n) is 14.4. The fourth-order valence-corrected chi connectivity index (χ4v) is 4.81. The molecule has 3 rings (SSSR count). The number of carbonyl (C=O) groups excluding carboxylic acids is 5. The fraction of sp³-hybridized carbons (Fsp3) is 0.452. The second-order valence-corrected chi connectivity index (χ2v) is 11.4. The number of aliphatic hydroxyl groups excluding tert-OH is 2. The van der Waals surface area contributed by atoms with Crippen LogP contribution in [0.5, 0.6) is 0 Å². The Labute approximate surface area is 256 Å². The molecular weight excluding hydrogens is 570 g/mol. The molecule has 5 amide bonds. The Morgan fingerprint density at radius 1 is 1.00 bits per heavy atom. The minimum atomic E-state index is -1.78. The number of hydrogen-bond acceptors (Lipinski definition) is 8. The van der Waals surface area contributed by atoms with Gasteiger partial charge in [0, 0.05) is 6.54 Å². The monoisotopic (exact) mass is 611 g/mol. The van der Waals surface area contributed by atoms with E-state index in [2.05, 4.69) is 16.0 Å². The molecule has 0 unspecified atom stereocenters. The lowest BCUT2D eigenvalue weighted by atomic mass is 9.99. The van der Waals surface area contributed by atoms with E-state index in [1.54, 1.807) is 74.5 Å². The molecule has 1 fully saturated rings. The molecule has 0 saturated carbocycles. The van der Waals surface area contributed by atoms with Gasteiger partial charge in [-0.05, 0) is 44.2 Å². The molecular formula is C31H41N5O8. The number of nitrogens with two attached hydrogens (primary N) is 1. The number of primary amides is 1. The lowest BCUT2D eigenvalue weighted by Gasteiger charge is -2.32. The Kier molecular flexibility index (Phi) is 12.2. The number of nitrogens with zero attached hydrogens (tertiary/aromatic N) is 1. The molecule has 13 nitrogen and oxygen atoms in total. The Morgan fingerprint density at radius 2 is 1.61 bits per heavy atom. The summed E-state index contributed by atoms with van der Waals surface area (Å²) in [5.41, 5.74) is 5.82. The first kappa shape index (κ1) is 34.0. The number of benzene rings is 2. The molecule has 7 N–H and O–H groups in total. The first-order valence-corrected chi connectivity index (χ1v) is 14.4. The van der Waals surface area contributed by atoms with Gasteiger partial charge in [-0.1, -0.05) is 60.7 Å². The van der Waals surface area contributed by atoms with Crippen LogP contribution in [0.1, 0.15) is 44.2 Å². The topological polar surface area (TPSA) is 200 Å². The van der Waals surface area contributed by atoms with E-state index in [1.807, 2.05) is 0 Å². The van der Waals surface area contributed by atoms with Crippen molar-refractivity contribution >= 4 is 29.7 Å². The summed E-state index contributed by atoms with van der Waals surface area (Å²) in [6.45, 7) is 3.09. The number of amides is 5. The number of likely N-dealkylation sites (tertiary alicyclic amines) is 1. The lowest BCUT2D eigenvalue weighted by Crippen LogP contribution is -2.59. The molecule has 0 bridgehead atoms. The molecule has 13 heteroatoms. The van der Waals surface area contributed by atoms with Gasteiger partial charge in [0.15, 0.2) is 6.10 Å². The quantitative estimate of drug-likeness (QED) is 0.173. The van der Waals surface area contributed by atoms with Crippen molar-refractivity contribution < 1.29 is 38.9 Å². The van der Waals surface area contributed by atoms with E-state index >= 15 is 0 Å². The standard InChI is InChI=1S/C31H41N5O8/c1-31(2,19-37)35-28(41)24-14-9-15-36(24)29(42)26(39)22(16-20-10-5-3-6-11-20)33-27(40)23(17-25(32)38)34-30(43)44-18-21-12-7-4-8-13-21/h3-8,10-13,22-24,26,37,39H,9,14-19H2,1-2H3,(H2,32,38)(H,33,40)(H,34,43)(H,35,41)/t22-,23-,24-,26-/m0/s1. The summed E-state index contributed by atoms with van der Waals surface area (Å²) >= 11 is 0. The van der Waals surface area contributed by atoms with Crippen LogP contribution in [0.15, 0.2) is 60.7 Å². The van der Waals surface area contributed by atoms with Crippen LogP contribution in [-0.2, 0) is 36.9 Å². The van der Waals surface area contributed by atoms with E-state index < -0.39 is 65.9 Å². The first-order chi connectivity index (χ1) is 20.9. The van der Waals surface area contributed by atoms with E-state index in [-0.39, 0.29) is 26.2 Å². The van der Waals surface area contributed by atoms with Gasteiger partial charge >= 0.3 is 6.09 Å². The van der Waals surface area contributed by atoms with Gasteiger partial charge < -0.3 is 41.5 Å². The third-order valence-corrected chi connectivity index (χ3v) is 7.18. The number of nitrogens with one attached hydrogen (secondary N) is 3. The number of hydrogen-bond donors (Lipinski definition) is 6. The Balaban J connectivity index is 1.76. The van der Waals surface area contributed by atoms with Crippen LogP contribution in [-0.4, -0.2) is 87.8 Å². The van der Waals surface area contributed by atoms with Crippen molar-refractivity contribution in [2.24, 2.45) is 5.73 Å². The zero-order valence-corrected chi connectivity index (χ0v) is 24.9. The molecule has 0 radical (unpaired) electrons. The summed E-state index contributed by atoms with van der Waals surface area (Å²) in [5, 5.41) is 28.5. The molecule has 0 aromatic heterocycles. The average molecular weight is 612 g/mol. The average Bonchev–Trinajstić information content (AvgIpc) is 3.50. The van der Waals surface area contributed by atoms with Crippen molar-refractivity contribution in [1.29, 1.82) is 0 Å². The maximum absolute atomic E-state index is 13.6. The Hall–Kier alpha value is -4.49. The van der Waals surface area contributed by atoms with Crippen molar-refractivity contribution in [1.82, 2.24) is 20.9 Å². The second kappa shape index (κ2) is 15.8. The molecule has 44 heavy (non-hydrogen) atoms. The van der Waals surface area contributed by atoms with E-state index in [9.17, 15) is 34.2 Å². The van der Waals surface area contributed by atoms with Gasteiger partial charge in [0.2, 0.25) is 17.7 Å². The molecule has 1 saturated heterocycles. The summed E-state index contributed by atoms with van der Waals surface area (Å²) in [6, 6.07) is 14.1. The number of ether oxygens (including phenoxy) is 1. The Morgan fingerprint density at radius 3 is 2.20 bits per heavy atom. The predicted octanol–water partition coefficient (Wildman–Crippen LogP) is 0.123. The highest BCUT2D eigenvalue weighted by molar-refractivity contribution is 5.93. The minimum absolute atomic E-state index is 0.0173. The summed E-state index contributed by atoms with van der Waals surface area (Å²) in [6.07, 6.45) is -2.42. The lowest BCUT2D eigenvalue weighted by molar-refractivity contribution is -0.147. The summed E-state index contributed by atoms with van der Waals surface area (Å²) in [4.78, 5) is 65.5. The number of alkyl carbamates (subject to hydrolysis) is 1. The van der Waals surface area contributed by atoms with Gasteiger partial charge in [0.25, 0.3) is 5.91 Å². The van der Waals surface area contributed by atoms with Crippen molar-refractivity contribution in [3.05, 3.63) is 71.8 Å². The molecule has 4 atom stereocenters. The number of aliphatic hydroxyl groups is 2. The van der Waals surface area contributed by atoms with Gasteiger partial charge in [0.1, 0.15) is 18.7 Å². The smallest absolute Gasteiger partial charge is 0.408 e. The van der Waals surface area contributed by atoms with Crippen molar-refractivity contribution in [2.45, 2.75) is 75.9 Å². The fourth-order valence-electron chi connectivity index (χ4n) is 4.81. The van der Waals surface area contributed by atoms with Gasteiger partial charge in [-0.15, -0.1) is 0 Å². The van der Waals surface area contributed by atoms with Crippen LogP contribution in [0.2, 0.25) is 0 Å². The Bertz CT molecular complexity index is 1290. The molecule has 2 aromatic rings. The van der Waals surface area contributed by atoms with Crippen molar-refractivity contribution in [3.63, 3.8) is 0 Å². The third-order valence-electron chi connectivity index (χ3n) is 7.18. The highest BCUT2D eigenvalue weighted by atomic mass is 16.5. The highest BCUT2D eigenvalue weighted by Gasteiger charge is 2.41. The number of carbonyl (C=O) groups is 5. The van der Waals surface area contributed by atoms with E-state index in [4.69, 9.17) is 10.5 Å². The largest absolute Gasteiger partial charge is 0.445 e. The zero-order chi connectivity index (χ0) is 32.3. The molecule has 1 aliphatic rings. The molecule has 0 spiro atoms. The molecule has 1 aliphatic heterocycles. The predicted molar refractivity (Wildman–Crippen MR) is 159 cm³/mol. The summed E-state index contributed by atoms with van der Waals surface area (Å²) in [5.74, 6) is -2.98. The third kappa shape index (κ3) is 10.1. The van der Waals surface area contributed by atoms with Gasteiger partial charge in [-0.25, -0.2) is 4.79 Å².